The molecule has 1 unspecified atom stereocenters. The van der Waals surface area contributed by atoms with Gasteiger partial charge in [-0.25, -0.2) is 4.79 Å². The van der Waals surface area contributed by atoms with Gasteiger partial charge in [0, 0.05) is 32.1 Å². The Kier molecular flexibility index (Phi) is 4.08. The van der Waals surface area contributed by atoms with Gasteiger partial charge in [0.15, 0.2) is 0 Å². The maximum Gasteiger partial charge on any atom is 0.325 e. The molecule has 7 nitrogen and oxygen atoms in total. The number of imide groups is 1. The summed E-state index contributed by atoms with van der Waals surface area (Å²) in [7, 11) is 0. The molecule has 0 radical (unpaired) electrons. The highest BCUT2D eigenvalue weighted by molar-refractivity contribution is 6.07. The highest BCUT2D eigenvalue weighted by Gasteiger charge is 2.52. The molecule has 0 aromatic carbocycles. The number of carbonyl (C=O) groups excluding carboxylic acids is 3. The first kappa shape index (κ1) is 15.3. The van der Waals surface area contributed by atoms with Gasteiger partial charge in [-0.2, -0.15) is 0 Å². The summed E-state index contributed by atoms with van der Waals surface area (Å²) >= 11 is 0. The van der Waals surface area contributed by atoms with Crippen molar-refractivity contribution in [3.8, 4) is 0 Å². The second-order valence-electron chi connectivity index (χ2n) is 6.55. The average molecular weight is 308 g/mol. The minimum atomic E-state index is -0.687. The van der Waals surface area contributed by atoms with Crippen LogP contribution in [0.4, 0.5) is 4.79 Å². The molecule has 3 rings (SSSR count). The van der Waals surface area contributed by atoms with Crippen LogP contribution >= 0.6 is 0 Å². The van der Waals surface area contributed by atoms with Gasteiger partial charge in [0.2, 0.25) is 5.91 Å². The largest absolute Gasteiger partial charge is 0.338 e. The maximum atomic E-state index is 12.5. The third-order valence-corrected chi connectivity index (χ3v) is 5.22. The average Bonchev–Trinajstić information content (AvgIpc) is 3.20. The van der Waals surface area contributed by atoms with Gasteiger partial charge in [-0.3, -0.25) is 14.5 Å². The van der Waals surface area contributed by atoms with E-state index in [9.17, 15) is 14.4 Å². The SMILES string of the molecule is NCC1CCCN1C(=O)CCN1C(=O)NC2(CCCC2)C1=O. The number of carbonyl (C=O) groups is 3. The predicted molar refractivity (Wildman–Crippen MR) is 79.9 cm³/mol. The van der Waals surface area contributed by atoms with E-state index in [0.717, 1.165) is 32.2 Å². The van der Waals surface area contributed by atoms with Crippen molar-refractivity contribution in [3.05, 3.63) is 0 Å². The van der Waals surface area contributed by atoms with Crippen LogP contribution in [-0.4, -0.2) is 58.9 Å². The van der Waals surface area contributed by atoms with Crippen LogP contribution in [0.5, 0.6) is 0 Å². The Morgan fingerprint density at radius 2 is 2.00 bits per heavy atom. The Bertz CT molecular complexity index is 487. The number of nitrogens with zero attached hydrogens (tertiary/aromatic N) is 2. The normalized spacial score (nSPS) is 27.0. The second-order valence-corrected chi connectivity index (χ2v) is 6.55. The zero-order chi connectivity index (χ0) is 15.7. The van der Waals surface area contributed by atoms with Crippen LogP contribution in [0.3, 0.4) is 0 Å². The van der Waals surface area contributed by atoms with E-state index in [0.29, 0.717) is 19.4 Å². The van der Waals surface area contributed by atoms with E-state index >= 15 is 0 Å². The van der Waals surface area contributed by atoms with Crippen molar-refractivity contribution in [2.75, 3.05) is 19.6 Å². The molecule has 0 bridgehead atoms. The van der Waals surface area contributed by atoms with Crippen molar-refractivity contribution < 1.29 is 14.4 Å². The smallest absolute Gasteiger partial charge is 0.325 e. The Hall–Kier alpha value is -1.63. The lowest BCUT2D eigenvalue weighted by molar-refractivity contribution is -0.134. The fourth-order valence-electron chi connectivity index (χ4n) is 3.96. The van der Waals surface area contributed by atoms with Gasteiger partial charge < -0.3 is 16.0 Å². The zero-order valence-electron chi connectivity index (χ0n) is 12.8. The minimum Gasteiger partial charge on any atom is -0.338 e. The summed E-state index contributed by atoms with van der Waals surface area (Å²) < 4.78 is 0. The van der Waals surface area contributed by atoms with Crippen molar-refractivity contribution in [1.82, 2.24) is 15.1 Å². The fourth-order valence-corrected chi connectivity index (χ4v) is 3.96. The number of urea groups is 1. The zero-order valence-corrected chi connectivity index (χ0v) is 12.8. The maximum absolute atomic E-state index is 12.5. The van der Waals surface area contributed by atoms with E-state index < -0.39 is 5.54 Å². The summed E-state index contributed by atoms with van der Waals surface area (Å²) in [5.74, 6) is -0.166. The van der Waals surface area contributed by atoms with Gasteiger partial charge in [-0.05, 0) is 25.7 Å². The molecular weight excluding hydrogens is 284 g/mol. The van der Waals surface area contributed by atoms with Crippen LogP contribution in [0, 0.1) is 0 Å². The number of rotatable bonds is 4. The molecule has 4 amide bonds. The summed E-state index contributed by atoms with van der Waals surface area (Å²) in [5.41, 5.74) is 4.99. The minimum absolute atomic E-state index is 0.0130. The lowest BCUT2D eigenvalue weighted by Gasteiger charge is -2.24. The van der Waals surface area contributed by atoms with E-state index in [1.165, 1.54) is 4.90 Å². The molecule has 0 aromatic rings. The number of amides is 4. The second kappa shape index (κ2) is 5.87. The number of hydrogen-bond donors (Lipinski definition) is 2. The molecule has 122 valence electrons. The van der Waals surface area contributed by atoms with Crippen molar-refractivity contribution in [1.29, 1.82) is 0 Å². The molecule has 3 aliphatic rings. The van der Waals surface area contributed by atoms with E-state index in [2.05, 4.69) is 5.32 Å². The van der Waals surface area contributed by atoms with E-state index in [1.807, 2.05) is 0 Å². The van der Waals surface area contributed by atoms with Gasteiger partial charge in [0.25, 0.3) is 5.91 Å². The number of nitrogens with two attached hydrogens (primary N) is 1. The molecule has 2 saturated heterocycles. The van der Waals surface area contributed by atoms with E-state index in [4.69, 9.17) is 5.73 Å². The monoisotopic (exact) mass is 308 g/mol. The molecule has 22 heavy (non-hydrogen) atoms. The molecule has 2 aliphatic heterocycles. The van der Waals surface area contributed by atoms with Crippen molar-refractivity contribution in [3.63, 3.8) is 0 Å². The van der Waals surface area contributed by atoms with E-state index in [-0.39, 0.29) is 36.9 Å². The Balaban J connectivity index is 1.58. The lowest BCUT2D eigenvalue weighted by Crippen LogP contribution is -2.44. The first-order chi connectivity index (χ1) is 10.6. The summed E-state index contributed by atoms with van der Waals surface area (Å²) in [6, 6.07) is -0.242. The number of nitrogens with one attached hydrogen (secondary N) is 1. The van der Waals surface area contributed by atoms with Gasteiger partial charge in [-0.1, -0.05) is 12.8 Å². The summed E-state index contributed by atoms with van der Waals surface area (Å²) in [6.45, 7) is 1.36. The summed E-state index contributed by atoms with van der Waals surface area (Å²) in [4.78, 5) is 39.9. The molecular formula is C15H24N4O3. The Morgan fingerprint density at radius 3 is 2.68 bits per heavy atom. The lowest BCUT2D eigenvalue weighted by atomic mass is 9.98. The topological polar surface area (TPSA) is 95.7 Å². The van der Waals surface area contributed by atoms with Gasteiger partial charge in [-0.15, -0.1) is 0 Å². The summed E-state index contributed by atoms with van der Waals surface area (Å²) in [5, 5.41) is 2.83. The van der Waals surface area contributed by atoms with Crippen LogP contribution in [0.2, 0.25) is 0 Å². The Morgan fingerprint density at radius 1 is 1.27 bits per heavy atom. The predicted octanol–water partition coefficient (Wildman–Crippen LogP) is 0.191. The molecule has 1 aliphatic carbocycles. The van der Waals surface area contributed by atoms with Gasteiger partial charge in [0.05, 0.1) is 0 Å². The van der Waals surface area contributed by atoms with Crippen LogP contribution in [-0.2, 0) is 9.59 Å². The van der Waals surface area contributed by atoms with Crippen molar-refractivity contribution in [2.45, 2.75) is 56.5 Å². The third kappa shape index (κ3) is 2.47. The first-order valence-corrected chi connectivity index (χ1v) is 8.21. The highest BCUT2D eigenvalue weighted by atomic mass is 16.2. The molecule has 1 spiro atoms. The molecule has 1 atom stereocenters. The highest BCUT2D eigenvalue weighted by Crippen LogP contribution is 2.35. The van der Waals surface area contributed by atoms with Crippen LogP contribution in [0.15, 0.2) is 0 Å². The molecule has 1 saturated carbocycles. The van der Waals surface area contributed by atoms with E-state index in [1.54, 1.807) is 4.90 Å². The molecule has 3 N–H and O–H groups in total. The molecule has 0 aromatic heterocycles. The number of likely N-dealkylation sites (tertiary alicyclic amines) is 1. The molecule has 3 fully saturated rings. The van der Waals surface area contributed by atoms with Crippen molar-refractivity contribution in [2.24, 2.45) is 5.73 Å². The molecule has 2 heterocycles. The molecule has 7 heteroatoms. The van der Waals surface area contributed by atoms with Gasteiger partial charge in [0.1, 0.15) is 5.54 Å². The number of hydrogen-bond acceptors (Lipinski definition) is 4. The first-order valence-electron chi connectivity index (χ1n) is 8.21. The standard InChI is InChI=1S/C15H24N4O3/c16-10-11-4-3-8-18(11)12(20)5-9-19-13(21)15(17-14(19)22)6-1-2-7-15/h11H,1-10,16H2,(H,17,22). The summed E-state index contributed by atoms with van der Waals surface area (Å²) in [6.07, 6.45) is 5.45. The van der Waals surface area contributed by atoms with Crippen LogP contribution in [0.1, 0.15) is 44.9 Å². The fraction of sp³-hybridized carbons (Fsp3) is 0.800. The van der Waals surface area contributed by atoms with Gasteiger partial charge >= 0.3 is 6.03 Å². The third-order valence-electron chi connectivity index (χ3n) is 5.22. The quantitative estimate of drug-likeness (QED) is 0.725. The van der Waals surface area contributed by atoms with Crippen LogP contribution < -0.4 is 11.1 Å². The van der Waals surface area contributed by atoms with Crippen LogP contribution in [0.25, 0.3) is 0 Å². The van der Waals surface area contributed by atoms with Crippen molar-refractivity contribution >= 4 is 17.8 Å². The Labute approximate surface area is 130 Å².